The van der Waals surface area contributed by atoms with Gasteiger partial charge in [0.1, 0.15) is 12.5 Å². The molecule has 9 nitrogen and oxygen atoms in total. The van der Waals surface area contributed by atoms with Gasteiger partial charge in [0.15, 0.2) is 0 Å². The van der Waals surface area contributed by atoms with Crippen LogP contribution in [0.3, 0.4) is 0 Å². The summed E-state index contributed by atoms with van der Waals surface area (Å²) in [4.78, 5) is 40.4. The van der Waals surface area contributed by atoms with Crippen molar-refractivity contribution in [3.8, 4) is 0 Å². The van der Waals surface area contributed by atoms with Crippen molar-refractivity contribution in [1.29, 1.82) is 0 Å². The Balaban J connectivity index is 1.56. The highest BCUT2D eigenvalue weighted by atomic mass is 19.1. The zero-order chi connectivity index (χ0) is 27.4. The van der Waals surface area contributed by atoms with Gasteiger partial charge in [0, 0.05) is 43.7 Å². The van der Waals surface area contributed by atoms with Crippen LogP contribution in [0, 0.1) is 6.92 Å². The number of nitrogens with one attached hydrogen (secondary N) is 2. The summed E-state index contributed by atoms with van der Waals surface area (Å²) >= 11 is 0. The highest BCUT2D eigenvalue weighted by molar-refractivity contribution is 6.07. The first-order chi connectivity index (χ1) is 18.3. The van der Waals surface area contributed by atoms with E-state index in [2.05, 4.69) is 39.3 Å². The van der Waals surface area contributed by atoms with E-state index in [1.165, 1.54) is 4.90 Å². The summed E-state index contributed by atoms with van der Waals surface area (Å²) in [5.74, 6) is 0.653. The van der Waals surface area contributed by atoms with E-state index in [0.29, 0.717) is 47.4 Å². The van der Waals surface area contributed by atoms with Crippen molar-refractivity contribution in [1.82, 2.24) is 14.9 Å². The fraction of sp³-hybridized carbons (Fsp3) is 0.357. The molecular formula is C28H34FN7O2. The largest absolute Gasteiger partial charge is 0.357 e. The van der Waals surface area contributed by atoms with Gasteiger partial charge in [0.2, 0.25) is 5.95 Å². The van der Waals surface area contributed by atoms with Crippen molar-refractivity contribution < 1.29 is 14.0 Å². The molecule has 3 amide bonds. The van der Waals surface area contributed by atoms with E-state index in [-0.39, 0.29) is 11.9 Å². The number of fused-ring (bicyclic) bond motifs is 1. The normalized spacial score (nSPS) is 13.1. The van der Waals surface area contributed by atoms with Crippen LogP contribution in [0.2, 0.25) is 0 Å². The number of aryl methyl sites for hydroxylation is 1. The molecule has 0 radical (unpaired) electrons. The molecule has 0 saturated carbocycles. The SMILES string of the molecule is CCN(CC)Cc1ccc(C(=O)Nc2ccc(C)c(N3Cc4cnc(NC)nc4N(C)C3=O)c2)cc1CF. The van der Waals surface area contributed by atoms with Gasteiger partial charge in [-0.15, -0.1) is 0 Å². The number of carbonyl (C=O) groups is 2. The molecule has 3 aromatic rings. The lowest BCUT2D eigenvalue weighted by Gasteiger charge is -2.35. The predicted molar refractivity (Wildman–Crippen MR) is 149 cm³/mol. The quantitative estimate of drug-likeness (QED) is 0.415. The number of urea groups is 1. The van der Waals surface area contributed by atoms with E-state index in [1.807, 2.05) is 19.1 Å². The van der Waals surface area contributed by atoms with Crippen molar-refractivity contribution >= 4 is 35.1 Å². The highest BCUT2D eigenvalue weighted by Crippen LogP contribution is 2.33. The Hall–Kier alpha value is -4.05. The number of carbonyl (C=O) groups excluding carboxylic acids is 2. The number of amides is 3. The van der Waals surface area contributed by atoms with Gasteiger partial charge in [-0.25, -0.2) is 14.2 Å². The van der Waals surface area contributed by atoms with Crippen LogP contribution in [-0.2, 0) is 19.8 Å². The van der Waals surface area contributed by atoms with Gasteiger partial charge in [0.25, 0.3) is 5.91 Å². The Morgan fingerprint density at radius 3 is 2.58 bits per heavy atom. The molecule has 1 aliphatic rings. The van der Waals surface area contributed by atoms with E-state index in [4.69, 9.17) is 0 Å². The Labute approximate surface area is 222 Å². The predicted octanol–water partition coefficient (Wildman–Crippen LogP) is 4.97. The average molecular weight is 520 g/mol. The van der Waals surface area contributed by atoms with Crippen LogP contribution >= 0.6 is 0 Å². The van der Waals surface area contributed by atoms with E-state index >= 15 is 0 Å². The molecule has 1 aliphatic heterocycles. The minimum absolute atomic E-state index is 0.235. The molecule has 0 atom stereocenters. The van der Waals surface area contributed by atoms with Crippen LogP contribution in [0.1, 0.15) is 46.5 Å². The van der Waals surface area contributed by atoms with E-state index in [9.17, 15) is 14.0 Å². The zero-order valence-corrected chi connectivity index (χ0v) is 22.5. The minimum Gasteiger partial charge on any atom is -0.357 e. The summed E-state index contributed by atoms with van der Waals surface area (Å²) in [5.41, 5.74) is 4.66. The maximum absolute atomic E-state index is 13.8. The van der Waals surface area contributed by atoms with Crippen molar-refractivity contribution in [3.63, 3.8) is 0 Å². The molecular weight excluding hydrogens is 485 g/mol. The molecule has 0 fully saturated rings. The molecule has 0 saturated heterocycles. The van der Waals surface area contributed by atoms with Gasteiger partial charge in [-0.2, -0.15) is 4.98 Å². The zero-order valence-electron chi connectivity index (χ0n) is 22.5. The molecule has 10 heteroatoms. The summed E-state index contributed by atoms with van der Waals surface area (Å²) < 4.78 is 13.8. The summed E-state index contributed by atoms with van der Waals surface area (Å²) in [5, 5.41) is 5.79. The second-order valence-electron chi connectivity index (χ2n) is 9.25. The van der Waals surface area contributed by atoms with Crippen LogP contribution in [0.15, 0.2) is 42.6 Å². The van der Waals surface area contributed by atoms with Gasteiger partial charge in [0.05, 0.1) is 12.2 Å². The third-order valence-electron chi connectivity index (χ3n) is 6.89. The third-order valence-corrected chi connectivity index (χ3v) is 6.89. The molecule has 2 N–H and O–H groups in total. The number of rotatable bonds is 9. The van der Waals surface area contributed by atoms with Gasteiger partial charge < -0.3 is 10.6 Å². The molecule has 4 rings (SSSR count). The van der Waals surface area contributed by atoms with E-state index in [1.54, 1.807) is 49.5 Å². The Morgan fingerprint density at radius 2 is 1.89 bits per heavy atom. The molecule has 2 heterocycles. The molecule has 0 unspecified atom stereocenters. The fourth-order valence-corrected chi connectivity index (χ4v) is 4.53. The number of aromatic nitrogens is 2. The van der Waals surface area contributed by atoms with Crippen LogP contribution in [0.5, 0.6) is 0 Å². The summed E-state index contributed by atoms with van der Waals surface area (Å²) in [7, 11) is 3.40. The van der Waals surface area contributed by atoms with E-state index in [0.717, 1.165) is 29.8 Å². The van der Waals surface area contributed by atoms with Crippen molar-refractivity contribution in [2.45, 2.75) is 40.5 Å². The molecule has 0 aliphatic carbocycles. The minimum atomic E-state index is -0.641. The van der Waals surface area contributed by atoms with Crippen LogP contribution in [0.4, 0.5) is 32.3 Å². The standard InChI is InChI=1S/C28H34FN7O2/c1-6-35(7-2)16-20-10-9-19(12-21(20)14-29)26(37)32-23-11-8-18(3)24(13-23)36-17-22-15-31-27(30-4)33-25(22)34(5)28(36)38/h8-13,15H,6-7,14,16-17H2,1-5H3,(H,32,37)(H,30,31,33). The van der Waals surface area contributed by atoms with E-state index < -0.39 is 6.67 Å². The number of hydrogen-bond acceptors (Lipinski definition) is 6. The molecule has 0 bridgehead atoms. The third kappa shape index (κ3) is 5.45. The number of alkyl halides is 1. The topological polar surface area (TPSA) is 93.7 Å². The fourth-order valence-electron chi connectivity index (χ4n) is 4.53. The average Bonchev–Trinajstić information content (AvgIpc) is 2.94. The van der Waals surface area contributed by atoms with Gasteiger partial charge in [-0.1, -0.05) is 26.0 Å². The van der Waals surface area contributed by atoms with Crippen molar-refractivity contribution in [2.75, 3.05) is 47.6 Å². The van der Waals surface area contributed by atoms with Gasteiger partial charge in [-0.3, -0.25) is 19.5 Å². The monoisotopic (exact) mass is 519 g/mol. The maximum Gasteiger partial charge on any atom is 0.330 e. The number of hydrogen-bond donors (Lipinski definition) is 2. The first-order valence-corrected chi connectivity index (χ1v) is 12.7. The summed E-state index contributed by atoms with van der Waals surface area (Å²) in [6.07, 6.45) is 1.71. The number of anilines is 4. The first kappa shape index (κ1) is 27.0. The number of nitrogens with zero attached hydrogens (tertiary/aromatic N) is 5. The number of benzene rings is 2. The molecule has 38 heavy (non-hydrogen) atoms. The summed E-state index contributed by atoms with van der Waals surface area (Å²) in [6.45, 7) is 8.07. The van der Waals surface area contributed by atoms with Gasteiger partial charge >= 0.3 is 6.03 Å². The summed E-state index contributed by atoms with van der Waals surface area (Å²) in [6, 6.07) is 10.3. The van der Waals surface area contributed by atoms with Crippen molar-refractivity contribution in [2.24, 2.45) is 0 Å². The number of halogens is 1. The smallest absolute Gasteiger partial charge is 0.330 e. The van der Waals surface area contributed by atoms with Crippen LogP contribution < -0.4 is 20.4 Å². The van der Waals surface area contributed by atoms with Crippen LogP contribution in [-0.4, -0.2) is 54.0 Å². The Kier molecular flexibility index (Phi) is 8.21. The Morgan fingerprint density at radius 1 is 1.13 bits per heavy atom. The second kappa shape index (κ2) is 11.6. The lowest BCUT2D eigenvalue weighted by Crippen LogP contribution is -2.46. The maximum atomic E-state index is 13.8. The Bertz CT molecular complexity index is 1340. The van der Waals surface area contributed by atoms with Crippen LogP contribution in [0.25, 0.3) is 0 Å². The molecule has 1 aromatic heterocycles. The first-order valence-electron chi connectivity index (χ1n) is 12.7. The highest BCUT2D eigenvalue weighted by Gasteiger charge is 2.31. The molecule has 200 valence electrons. The van der Waals surface area contributed by atoms with Crippen molar-refractivity contribution in [3.05, 3.63) is 70.4 Å². The lowest BCUT2D eigenvalue weighted by molar-refractivity contribution is 0.102. The molecule has 0 spiro atoms. The van der Waals surface area contributed by atoms with Gasteiger partial charge in [-0.05, 0) is 61.0 Å². The second-order valence-corrected chi connectivity index (χ2v) is 9.25. The lowest BCUT2D eigenvalue weighted by atomic mass is 10.0. The molecule has 2 aromatic carbocycles.